The molecule has 2 aromatic rings. The molecule has 0 bridgehead atoms. The van der Waals surface area contributed by atoms with Gasteiger partial charge in [0.15, 0.2) is 0 Å². The molecule has 0 saturated carbocycles. The van der Waals surface area contributed by atoms with Gasteiger partial charge in [-0.05, 0) is 49.7 Å². The molecule has 2 atom stereocenters. The van der Waals surface area contributed by atoms with Crippen molar-refractivity contribution in [3.63, 3.8) is 0 Å². The van der Waals surface area contributed by atoms with Gasteiger partial charge < -0.3 is 15.0 Å². The maximum atomic E-state index is 13.3. The highest BCUT2D eigenvalue weighted by molar-refractivity contribution is 6.42. The predicted molar refractivity (Wildman–Crippen MR) is 142 cm³/mol. The summed E-state index contributed by atoms with van der Waals surface area (Å²) in [6.45, 7) is 5.52. The number of piperazine rings is 1. The highest BCUT2D eigenvalue weighted by atomic mass is 35.5. The number of hydrogen-bond donors (Lipinski definition) is 1. The van der Waals surface area contributed by atoms with Crippen LogP contribution in [0.1, 0.15) is 35.8 Å². The van der Waals surface area contributed by atoms with E-state index in [1.807, 2.05) is 6.92 Å². The van der Waals surface area contributed by atoms with Gasteiger partial charge in [-0.15, -0.1) is 0 Å². The van der Waals surface area contributed by atoms with Crippen molar-refractivity contribution < 1.29 is 23.5 Å². The molecule has 0 radical (unpaired) electrons. The van der Waals surface area contributed by atoms with E-state index in [1.165, 1.54) is 29.2 Å². The lowest BCUT2D eigenvalue weighted by atomic mass is 9.94. The molecule has 202 valence electrons. The molecule has 3 amide bonds. The van der Waals surface area contributed by atoms with Crippen LogP contribution in [0.25, 0.3) is 0 Å². The highest BCUT2D eigenvalue weighted by Crippen LogP contribution is 2.37. The standard InChI is InChI=1S/C27H29Cl2FN4O4/c1-4-38-26(36)22-21(32(3)27(37)31-24(22)19-6-5-7-20(28)23(19)29)15-33-12-13-34(16(2)14-33)25(35)17-8-10-18(30)11-9-17/h5-11,16,24H,4,12-15H2,1-3H3,(H,31,37). The van der Waals surface area contributed by atoms with E-state index in [0.29, 0.717) is 41.5 Å². The molecule has 0 spiro atoms. The van der Waals surface area contributed by atoms with Crippen LogP contribution in [0.5, 0.6) is 0 Å². The van der Waals surface area contributed by atoms with Gasteiger partial charge in [0.2, 0.25) is 0 Å². The van der Waals surface area contributed by atoms with Crippen molar-refractivity contribution in [2.75, 3.05) is 39.8 Å². The Hall–Kier alpha value is -3.14. The Balaban J connectivity index is 1.62. The summed E-state index contributed by atoms with van der Waals surface area (Å²) < 4.78 is 18.7. The van der Waals surface area contributed by atoms with Crippen molar-refractivity contribution in [3.05, 3.63) is 80.7 Å². The molecule has 1 saturated heterocycles. The summed E-state index contributed by atoms with van der Waals surface area (Å²) in [7, 11) is 1.59. The number of likely N-dealkylation sites (N-methyl/N-ethyl adjacent to an activating group) is 1. The van der Waals surface area contributed by atoms with Crippen molar-refractivity contribution in [2.24, 2.45) is 0 Å². The third kappa shape index (κ3) is 5.65. The summed E-state index contributed by atoms with van der Waals surface area (Å²) in [5, 5.41) is 3.39. The second-order valence-corrected chi connectivity index (χ2v) is 10.0. The molecule has 1 N–H and O–H groups in total. The molecule has 8 nitrogen and oxygen atoms in total. The van der Waals surface area contributed by atoms with Crippen LogP contribution in [0.2, 0.25) is 10.0 Å². The van der Waals surface area contributed by atoms with Crippen LogP contribution in [-0.4, -0.2) is 78.5 Å². The number of nitrogens with zero attached hydrogens (tertiary/aromatic N) is 3. The van der Waals surface area contributed by atoms with E-state index in [2.05, 4.69) is 10.2 Å². The largest absolute Gasteiger partial charge is 0.463 e. The van der Waals surface area contributed by atoms with Crippen LogP contribution in [0, 0.1) is 5.82 Å². The first-order valence-electron chi connectivity index (χ1n) is 12.3. The molecule has 0 aliphatic carbocycles. The third-order valence-electron chi connectivity index (χ3n) is 6.80. The van der Waals surface area contributed by atoms with Crippen LogP contribution in [0.3, 0.4) is 0 Å². The summed E-state index contributed by atoms with van der Waals surface area (Å²) in [5.74, 6) is -1.13. The Morgan fingerprint density at radius 3 is 2.50 bits per heavy atom. The third-order valence-corrected chi connectivity index (χ3v) is 7.64. The quantitative estimate of drug-likeness (QED) is 0.524. The van der Waals surface area contributed by atoms with Crippen molar-refractivity contribution in [3.8, 4) is 0 Å². The average Bonchev–Trinajstić information content (AvgIpc) is 2.88. The van der Waals surface area contributed by atoms with E-state index in [-0.39, 0.29) is 35.7 Å². The average molecular weight is 563 g/mol. The first-order chi connectivity index (χ1) is 18.1. The minimum Gasteiger partial charge on any atom is -0.463 e. The molecule has 2 aromatic carbocycles. The van der Waals surface area contributed by atoms with Gasteiger partial charge >= 0.3 is 12.0 Å². The number of carbonyl (C=O) groups is 3. The van der Waals surface area contributed by atoms with Gasteiger partial charge in [0, 0.05) is 50.5 Å². The number of ether oxygens (including phenoxy) is 1. The molecule has 0 aromatic heterocycles. The maximum Gasteiger partial charge on any atom is 0.338 e. The fourth-order valence-corrected chi connectivity index (χ4v) is 5.24. The zero-order valence-electron chi connectivity index (χ0n) is 21.3. The first kappa shape index (κ1) is 27.9. The number of benzene rings is 2. The second-order valence-electron chi connectivity index (χ2n) is 9.25. The van der Waals surface area contributed by atoms with Crippen molar-refractivity contribution in [2.45, 2.75) is 25.9 Å². The Kier molecular flexibility index (Phi) is 8.60. The molecule has 2 aliphatic heterocycles. The molecule has 2 heterocycles. The number of halogens is 3. The molecule has 1 fully saturated rings. The van der Waals surface area contributed by atoms with Gasteiger partial charge in [-0.1, -0.05) is 35.3 Å². The lowest BCUT2D eigenvalue weighted by Crippen LogP contribution is -2.56. The normalized spacial score (nSPS) is 20.4. The number of carbonyl (C=O) groups excluding carboxylic acids is 3. The van der Waals surface area contributed by atoms with Crippen LogP contribution >= 0.6 is 23.2 Å². The molecular formula is C27H29Cl2FN4O4. The number of amides is 3. The summed E-state index contributed by atoms with van der Waals surface area (Å²) in [6, 6.07) is 9.13. The monoisotopic (exact) mass is 562 g/mol. The summed E-state index contributed by atoms with van der Waals surface area (Å²) >= 11 is 12.7. The number of nitrogens with one attached hydrogen (secondary N) is 1. The zero-order chi connectivity index (χ0) is 27.6. The lowest BCUT2D eigenvalue weighted by molar-refractivity contribution is -0.139. The van der Waals surface area contributed by atoms with Crippen LogP contribution in [-0.2, 0) is 9.53 Å². The molecular weight excluding hydrogens is 534 g/mol. The molecule has 38 heavy (non-hydrogen) atoms. The summed E-state index contributed by atoms with van der Waals surface area (Å²) in [4.78, 5) is 44.5. The van der Waals surface area contributed by atoms with E-state index < -0.39 is 23.9 Å². The Bertz CT molecular complexity index is 1270. The number of urea groups is 1. The Morgan fingerprint density at radius 1 is 1.13 bits per heavy atom. The molecule has 2 aliphatic rings. The van der Waals surface area contributed by atoms with Gasteiger partial charge in [0.1, 0.15) is 5.82 Å². The molecule has 2 unspecified atom stereocenters. The van der Waals surface area contributed by atoms with Crippen LogP contribution < -0.4 is 5.32 Å². The second kappa shape index (κ2) is 11.7. The lowest BCUT2D eigenvalue weighted by Gasteiger charge is -2.42. The van der Waals surface area contributed by atoms with Crippen LogP contribution in [0.15, 0.2) is 53.7 Å². The van der Waals surface area contributed by atoms with E-state index >= 15 is 0 Å². The Labute approximate surface area is 230 Å². The van der Waals surface area contributed by atoms with E-state index in [1.54, 1.807) is 37.1 Å². The van der Waals surface area contributed by atoms with E-state index in [0.717, 1.165) is 0 Å². The van der Waals surface area contributed by atoms with Gasteiger partial charge in [-0.25, -0.2) is 14.0 Å². The van der Waals surface area contributed by atoms with Gasteiger partial charge in [-0.2, -0.15) is 0 Å². The van der Waals surface area contributed by atoms with Gasteiger partial charge in [0.05, 0.1) is 28.3 Å². The first-order valence-corrected chi connectivity index (χ1v) is 13.0. The van der Waals surface area contributed by atoms with Crippen LogP contribution in [0.4, 0.5) is 9.18 Å². The Morgan fingerprint density at radius 2 is 1.84 bits per heavy atom. The zero-order valence-corrected chi connectivity index (χ0v) is 22.9. The fraction of sp³-hybridized carbons (Fsp3) is 0.370. The summed E-state index contributed by atoms with van der Waals surface area (Å²) in [6.07, 6.45) is 0. The summed E-state index contributed by atoms with van der Waals surface area (Å²) in [5.41, 5.74) is 1.67. The fourth-order valence-electron chi connectivity index (χ4n) is 4.82. The predicted octanol–water partition coefficient (Wildman–Crippen LogP) is 4.49. The molecule has 4 rings (SSSR count). The molecule has 11 heteroatoms. The van der Waals surface area contributed by atoms with Crippen molar-refractivity contribution >= 4 is 41.1 Å². The number of rotatable bonds is 6. The highest BCUT2D eigenvalue weighted by Gasteiger charge is 2.39. The maximum absolute atomic E-state index is 13.3. The van der Waals surface area contributed by atoms with Crippen molar-refractivity contribution in [1.29, 1.82) is 0 Å². The van der Waals surface area contributed by atoms with E-state index in [9.17, 15) is 18.8 Å². The smallest absolute Gasteiger partial charge is 0.338 e. The minimum absolute atomic E-state index is 0.157. The minimum atomic E-state index is -0.849. The van der Waals surface area contributed by atoms with E-state index in [4.69, 9.17) is 27.9 Å². The van der Waals surface area contributed by atoms with Crippen molar-refractivity contribution in [1.82, 2.24) is 20.0 Å². The van der Waals surface area contributed by atoms with Gasteiger partial charge in [0.25, 0.3) is 5.91 Å². The number of esters is 1. The number of hydrogen-bond acceptors (Lipinski definition) is 5. The van der Waals surface area contributed by atoms with Gasteiger partial charge in [-0.3, -0.25) is 14.6 Å². The SMILES string of the molecule is CCOC(=O)C1=C(CN2CCN(C(=O)c3ccc(F)cc3)C(C)C2)N(C)C(=O)NC1c1cccc(Cl)c1Cl. The topological polar surface area (TPSA) is 82.2 Å².